The highest BCUT2D eigenvalue weighted by Crippen LogP contribution is 2.40. The van der Waals surface area contributed by atoms with Gasteiger partial charge in [-0.25, -0.2) is 0 Å². The molecule has 0 N–H and O–H groups in total. The van der Waals surface area contributed by atoms with Crippen molar-refractivity contribution in [2.75, 3.05) is 4.90 Å². The molecule has 0 fully saturated rings. The molecule has 0 unspecified atom stereocenters. The molecular formula is C20H16BrCl2N. The molecule has 0 atom stereocenters. The van der Waals surface area contributed by atoms with Gasteiger partial charge in [-0.2, -0.15) is 0 Å². The van der Waals surface area contributed by atoms with Crippen molar-refractivity contribution in [1.82, 2.24) is 0 Å². The van der Waals surface area contributed by atoms with Crippen LogP contribution in [0.3, 0.4) is 0 Å². The quantitative estimate of drug-likeness (QED) is 0.390. The first-order valence-corrected chi connectivity index (χ1v) is 9.08. The molecule has 0 saturated carbocycles. The lowest BCUT2D eigenvalue weighted by atomic mass is 10.1. The highest BCUT2D eigenvalue weighted by Gasteiger charge is 2.15. The molecule has 1 nitrogen and oxygen atoms in total. The molecule has 3 aromatic carbocycles. The average Bonchev–Trinajstić information content (AvgIpc) is 2.56. The fourth-order valence-corrected chi connectivity index (χ4v) is 3.39. The third-order valence-electron chi connectivity index (χ3n) is 3.81. The Morgan fingerprint density at radius 2 is 1.17 bits per heavy atom. The minimum Gasteiger partial charge on any atom is -0.310 e. The van der Waals surface area contributed by atoms with Gasteiger partial charge in [-0.15, -0.1) is 0 Å². The van der Waals surface area contributed by atoms with E-state index in [2.05, 4.69) is 83.2 Å². The van der Waals surface area contributed by atoms with E-state index in [1.807, 2.05) is 12.1 Å². The highest BCUT2D eigenvalue weighted by molar-refractivity contribution is 9.10. The van der Waals surface area contributed by atoms with Crippen molar-refractivity contribution >= 4 is 56.2 Å². The van der Waals surface area contributed by atoms with Crippen LogP contribution in [0.25, 0.3) is 0 Å². The lowest BCUT2D eigenvalue weighted by Crippen LogP contribution is -2.10. The Morgan fingerprint density at radius 3 is 1.58 bits per heavy atom. The van der Waals surface area contributed by atoms with Gasteiger partial charge in [-0.3, -0.25) is 0 Å². The van der Waals surface area contributed by atoms with E-state index in [4.69, 9.17) is 23.2 Å². The molecular weight excluding hydrogens is 405 g/mol. The predicted molar refractivity (Wildman–Crippen MR) is 108 cm³/mol. The first kappa shape index (κ1) is 17.3. The number of halogens is 3. The SMILES string of the molecule is Cc1ccc(N(c2ccc(C)cc2)c2cc(Cl)c(Cl)c(Br)c2)cc1. The molecule has 0 saturated heterocycles. The van der Waals surface area contributed by atoms with Gasteiger partial charge in [-0.1, -0.05) is 58.6 Å². The maximum absolute atomic E-state index is 6.30. The molecule has 3 rings (SSSR count). The Kier molecular flexibility index (Phi) is 5.19. The molecule has 0 aliphatic carbocycles. The van der Waals surface area contributed by atoms with Gasteiger partial charge in [0.25, 0.3) is 0 Å². The van der Waals surface area contributed by atoms with E-state index >= 15 is 0 Å². The summed E-state index contributed by atoms with van der Waals surface area (Å²) in [6.07, 6.45) is 0. The van der Waals surface area contributed by atoms with Crippen molar-refractivity contribution in [2.45, 2.75) is 13.8 Å². The maximum Gasteiger partial charge on any atom is 0.0735 e. The normalized spacial score (nSPS) is 10.7. The first-order chi connectivity index (χ1) is 11.5. The largest absolute Gasteiger partial charge is 0.310 e. The second-order valence-electron chi connectivity index (χ2n) is 5.73. The van der Waals surface area contributed by atoms with Crippen LogP contribution in [-0.4, -0.2) is 0 Å². The summed E-state index contributed by atoms with van der Waals surface area (Å²) >= 11 is 16.0. The maximum atomic E-state index is 6.30. The monoisotopic (exact) mass is 419 g/mol. The summed E-state index contributed by atoms with van der Waals surface area (Å²) in [5, 5.41) is 1.04. The lowest BCUT2D eigenvalue weighted by Gasteiger charge is -2.26. The van der Waals surface area contributed by atoms with Crippen LogP contribution in [0.15, 0.2) is 65.1 Å². The Bertz CT molecular complexity index is 789. The van der Waals surface area contributed by atoms with Gasteiger partial charge in [0, 0.05) is 21.5 Å². The van der Waals surface area contributed by atoms with E-state index in [0.29, 0.717) is 10.0 Å². The Labute approximate surface area is 161 Å². The van der Waals surface area contributed by atoms with Crippen LogP contribution in [-0.2, 0) is 0 Å². The second-order valence-corrected chi connectivity index (χ2v) is 7.37. The molecule has 0 aliphatic heterocycles. The molecule has 3 aromatic rings. The summed E-state index contributed by atoms with van der Waals surface area (Å²) in [6, 6.07) is 20.7. The third-order valence-corrected chi connectivity index (χ3v) is 5.47. The van der Waals surface area contributed by atoms with Gasteiger partial charge in [-0.05, 0) is 66.2 Å². The van der Waals surface area contributed by atoms with E-state index in [0.717, 1.165) is 21.5 Å². The smallest absolute Gasteiger partial charge is 0.0735 e. The lowest BCUT2D eigenvalue weighted by molar-refractivity contribution is 1.26. The van der Waals surface area contributed by atoms with Gasteiger partial charge in [0.1, 0.15) is 0 Å². The Morgan fingerprint density at radius 1 is 0.708 bits per heavy atom. The van der Waals surface area contributed by atoms with Crippen LogP contribution in [0.2, 0.25) is 10.0 Å². The van der Waals surface area contributed by atoms with Gasteiger partial charge < -0.3 is 4.90 Å². The minimum absolute atomic E-state index is 0.519. The number of aryl methyl sites for hydroxylation is 2. The van der Waals surface area contributed by atoms with Crippen molar-refractivity contribution in [3.8, 4) is 0 Å². The number of hydrogen-bond donors (Lipinski definition) is 0. The van der Waals surface area contributed by atoms with Gasteiger partial charge in [0.15, 0.2) is 0 Å². The van der Waals surface area contributed by atoms with Crippen molar-refractivity contribution in [3.05, 3.63) is 86.3 Å². The zero-order valence-electron chi connectivity index (χ0n) is 13.4. The Balaban J connectivity index is 2.18. The summed E-state index contributed by atoms with van der Waals surface area (Å²) in [6.45, 7) is 4.16. The molecule has 0 spiro atoms. The molecule has 0 amide bonds. The summed E-state index contributed by atoms with van der Waals surface area (Å²) in [7, 11) is 0. The van der Waals surface area contributed by atoms with Crippen LogP contribution in [0.1, 0.15) is 11.1 Å². The summed E-state index contributed by atoms with van der Waals surface area (Å²) < 4.78 is 0.774. The second kappa shape index (κ2) is 7.18. The fraction of sp³-hybridized carbons (Fsp3) is 0.100. The van der Waals surface area contributed by atoms with Crippen molar-refractivity contribution in [3.63, 3.8) is 0 Å². The summed E-state index contributed by atoms with van der Waals surface area (Å²) in [5.74, 6) is 0. The van der Waals surface area contributed by atoms with Crippen LogP contribution in [0, 0.1) is 13.8 Å². The molecule has 0 bridgehead atoms. The van der Waals surface area contributed by atoms with Crippen molar-refractivity contribution in [2.24, 2.45) is 0 Å². The topological polar surface area (TPSA) is 3.24 Å². The number of nitrogens with zero attached hydrogens (tertiary/aromatic N) is 1. The van der Waals surface area contributed by atoms with Crippen LogP contribution in [0.5, 0.6) is 0 Å². The van der Waals surface area contributed by atoms with E-state index in [-0.39, 0.29) is 0 Å². The number of rotatable bonds is 3. The van der Waals surface area contributed by atoms with Crippen molar-refractivity contribution < 1.29 is 0 Å². The first-order valence-electron chi connectivity index (χ1n) is 7.54. The van der Waals surface area contributed by atoms with E-state index < -0.39 is 0 Å². The van der Waals surface area contributed by atoms with E-state index in [1.165, 1.54) is 11.1 Å². The summed E-state index contributed by atoms with van der Waals surface area (Å²) in [5.41, 5.74) is 5.52. The molecule has 24 heavy (non-hydrogen) atoms. The van der Waals surface area contributed by atoms with Crippen LogP contribution < -0.4 is 4.90 Å². The van der Waals surface area contributed by atoms with Gasteiger partial charge >= 0.3 is 0 Å². The Hall–Kier alpha value is -1.48. The van der Waals surface area contributed by atoms with Crippen molar-refractivity contribution in [1.29, 1.82) is 0 Å². The molecule has 0 aromatic heterocycles. The van der Waals surface area contributed by atoms with E-state index in [9.17, 15) is 0 Å². The number of anilines is 3. The molecule has 0 aliphatic rings. The summed E-state index contributed by atoms with van der Waals surface area (Å²) in [4.78, 5) is 2.16. The highest BCUT2D eigenvalue weighted by atomic mass is 79.9. The molecule has 0 radical (unpaired) electrons. The van der Waals surface area contributed by atoms with Gasteiger partial charge in [0.2, 0.25) is 0 Å². The van der Waals surface area contributed by atoms with Gasteiger partial charge in [0.05, 0.1) is 10.0 Å². The van der Waals surface area contributed by atoms with E-state index in [1.54, 1.807) is 0 Å². The fourth-order valence-electron chi connectivity index (χ4n) is 2.51. The standard InChI is InChI=1S/C20H16BrCl2N/c1-13-3-7-15(8-4-13)24(16-9-5-14(2)6-10-16)17-11-18(21)20(23)19(22)12-17/h3-12H,1-2H3. The molecule has 122 valence electrons. The average molecular weight is 421 g/mol. The predicted octanol–water partition coefficient (Wildman–Crippen LogP) is 7.84. The minimum atomic E-state index is 0.519. The number of benzene rings is 3. The molecule has 4 heteroatoms. The number of hydrogen-bond acceptors (Lipinski definition) is 1. The van der Waals surface area contributed by atoms with Crippen LogP contribution in [0.4, 0.5) is 17.1 Å². The molecule has 0 heterocycles. The zero-order chi connectivity index (χ0) is 17.3. The zero-order valence-corrected chi connectivity index (χ0v) is 16.5. The van der Waals surface area contributed by atoms with Crippen LogP contribution >= 0.6 is 39.1 Å². The third kappa shape index (κ3) is 3.61.